The first-order valence-electron chi connectivity index (χ1n) is 6.96. The Morgan fingerprint density at radius 2 is 2.00 bits per heavy atom. The van der Waals surface area contributed by atoms with Crippen molar-refractivity contribution in [3.63, 3.8) is 0 Å². The molecule has 1 spiro atoms. The Balaban J connectivity index is 0.00000180. The fourth-order valence-corrected chi connectivity index (χ4v) is 2.62. The zero-order valence-corrected chi connectivity index (χ0v) is 12.3. The fraction of sp³-hybridized carbons (Fsp3) is 0.923. The van der Waals surface area contributed by atoms with Crippen LogP contribution in [0.2, 0.25) is 0 Å². The highest BCUT2D eigenvalue weighted by atomic mass is 35.5. The van der Waals surface area contributed by atoms with Gasteiger partial charge in [-0.1, -0.05) is 12.8 Å². The molecule has 5 nitrogen and oxygen atoms in total. The van der Waals surface area contributed by atoms with Gasteiger partial charge in [-0.15, -0.1) is 12.4 Å². The summed E-state index contributed by atoms with van der Waals surface area (Å²) in [5.41, 5.74) is 5.49. The first-order valence-corrected chi connectivity index (χ1v) is 6.96. The Bertz CT molecular complexity index is 292. The summed E-state index contributed by atoms with van der Waals surface area (Å²) < 4.78 is 11.9. The number of carbonyl (C=O) groups is 1. The number of nitrogens with one attached hydrogen (secondary N) is 1. The molecule has 19 heavy (non-hydrogen) atoms. The number of ether oxygens (including phenoxy) is 2. The minimum atomic E-state index is -0.473. The minimum Gasteiger partial charge on any atom is -0.352 e. The average molecular weight is 293 g/mol. The summed E-state index contributed by atoms with van der Waals surface area (Å²) in [4.78, 5) is 11.4. The van der Waals surface area contributed by atoms with Gasteiger partial charge in [-0.3, -0.25) is 4.79 Å². The van der Waals surface area contributed by atoms with Crippen molar-refractivity contribution < 1.29 is 14.3 Å². The number of rotatable bonds is 3. The van der Waals surface area contributed by atoms with Crippen molar-refractivity contribution in [1.82, 2.24) is 5.32 Å². The molecule has 2 rings (SSSR count). The fourth-order valence-electron chi connectivity index (χ4n) is 2.62. The maximum atomic E-state index is 11.4. The van der Waals surface area contributed by atoms with Gasteiger partial charge in [0.05, 0.1) is 12.6 Å². The highest BCUT2D eigenvalue weighted by Crippen LogP contribution is 2.36. The van der Waals surface area contributed by atoms with Gasteiger partial charge in [-0.05, 0) is 19.8 Å². The van der Waals surface area contributed by atoms with Crippen LogP contribution in [0.3, 0.4) is 0 Å². The second kappa shape index (κ2) is 7.43. The smallest absolute Gasteiger partial charge is 0.236 e. The van der Waals surface area contributed by atoms with E-state index in [-0.39, 0.29) is 30.2 Å². The number of hydrogen-bond acceptors (Lipinski definition) is 4. The van der Waals surface area contributed by atoms with E-state index in [0.717, 1.165) is 12.8 Å². The highest BCUT2D eigenvalue weighted by molar-refractivity contribution is 5.85. The van der Waals surface area contributed by atoms with Crippen molar-refractivity contribution in [1.29, 1.82) is 0 Å². The lowest BCUT2D eigenvalue weighted by Gasteiger charge is -2.26. The molecule has 1 amide bonds. The Morgan fingerprint density at radius 3 is 2.58 bits per heavy atom. The van der Waals surface area contributed by atoms with Crippen molar-refractivity contribution in [2.75, 3.05) is 13.2 Å². The molecule has 2 aliphatic rings. The van der Waals surface area contributed by atoms with Gasteiger partial charge in [0.15, 0.2) is 5.79 Å². The topological polar surface area (TPSA) is 73.6 Å². The third-order valence-electron chi connectivity index (χ3n) is 3.70. The molecule has 1 aliphatic heterocycles. The number of carbonyl (C=O) groups excluding carboxylic acids is 1. The van der Waals surface area contributed by atoms with Crippen LogP contribution in [0.25, 0.3) is 0 Å². The number of hydrogen-bond donors (Lipinski definition) is 2. The molecule has 3 N–H and O–H groups in total. The average Bonchev–Trinajstić information content (AvgIpc) is 2.59. The molecule has 0 bridgehead atoms. The third kappa shape index (κ3) is 4.60. The van der Waals surface area contributed by atoms with E-state index in [1.807, 2.05) is 0 Å². The molecule has 2 atom stereocenters. The summed E-state index contributed by atoms with van der Waals surface area (Å²) in [7, 11) is 0. The van der Waals surface area contributed by atoms with Gasteiger partial charge < -0.3 is 20.5 Å². The summed E-state index contributed by atoms with van der Waals surface area (Å²) in [6.07, 6.45) is 6.78. The molecular weight excluding hydrogens is 268 g/mol. The molecule has 1 heterocycles. The lowest BCUT2D eigenvalue weighted by atomic mass is 10.1. The Kier molecular flexibility index (Phi) is 6.53. The standard InChI is InChI=1S/C13H24N2O3.ClH/c1-10(14)12(16)15-8-11-9-17-13(18-11)6-4-2-3-5-7-13;/h10-11H,2-9,14H2,1H3,(H,15,16);1H. The highest BCUT2D eigenvalue weighted by Gasteiger charge is 2.41. The zero-order valence-electron chi connectivity index (χ0n) is 11.5. The molecule has 0 radical (unpaired) electrons. The van der Waals surface area contributed by atoms with E-state index in [2.05, 4.69) is 5.32 Å². The first kappa shape index (κ1) is 16.7. The van der Waals surface area contributed by atoms with Crippen LogP contribution in [0.1, 0.15) is 45.4 Å². The molecule has 0 aromatic carbocycles. The predicted octanol–water partition coefficient (Wildman–Crippen LogP) is 1.34. The van der Waals surface area contributed by atoms with Gasteiger partial charge in [0.1, 0.15) is 6.10 Å². The maximum absolute atomic E-state index is 11.4. The van der Waals surface area contributed by atoms with Crippen molar-refractivity contribution in [3.8, 4) is 0 Å². The predicted molar refractivity (Wildman–Crippen MR) is 75.2 cm³/mol. The largest absolute Gasteiger partial charge is 0.352 e. The van der Waals surface area contributed by atoms with E-state index in [0.29, 0.717) is 13.2 Å². The quantitative estimate of drug-likeness (QED) is 0.823. The van der Waals surface area contributed by atoms with Crippen LogP contribution in [0.4, 0.5) is 0 Å². The van der Waals surface area contributed by atoms with Gasteiger partial charge in [0.25, 0.3) is 0 Å². The number of halogens is 1. The molecule has 1 saturated carbocycles. The lowest BCUT2D eigenvalue weighted by Crippen LogP contribution is -2.42. The summed E-state index contributed by atoms with van der Waals surface area (Å²) in [6, 6.07) is -0.473. The molecule has 1 aliphatic carbocycles. The van der Waals surface area contributed by atoms with Gasteiger partial charge >= 0.3 is 0 Å². The monoisotopic (exact) mass is 292 g/mol. The van der Waals surface area contributed by atoms with Crippen LogP contribution in [-0.4, -0.2) is 37.0 Å². The summed E-state index contributed by atoms with van der Waals surface area (Å²) in [5, 5.41) is 2.79. The van der Waals surface area contributed by atoms with Crippen LogP contribution >= 0.6 is 12.4 Å². The van der Waals surface area contributed by atoms with Gasteiger partial charge in [0.2, 0.25) is 5.91 Å². The summed E-state index contributed by atoms with van der Waals surface area (Å²) >= 11 is 0. The van der Waals surface area contributed by atoms with Crippen molar-refractivity contribution in [3.05, 3.63) is 0 Å². The second-order valence-corrected chi connectivity index (χ2v) is 5.41. The van der Waals surface area contributed by atoms with Crippen LogP contribution in [0.5, 0.6) is 0 Å². The summed E-state index contributed by atoms with van der Waals surface area (Å²) in [5.74, 6) is -0.513. The number of amides is 1. The SMILES string of the molecule is CC(N)C(=O)NCC1COC2(CCCCCC2)O1.Cl. The van der Waals surface area contributed by atoms with Gasteiger partial charge in [-0.2, -0.15) is 0 Å². The van der Waals surface area contributed by atoms with E-state index in [1.165, 1.54) is 25.7 Å². The molecule has 1 saturated heterocycles. The number of nitrogens with two attached hydrogens (primary N) is 1. The van der Waals surface area contributed by atoms with Crippen molar-refractivity contribution in [2.24, 2.45) is 5.73 Å². The van der Waals surface area contributed by atoms with Crippen LogP contribution in [0, 0.1) is 0 Å². The Labute approximate surface area is 121 Å². The Hall–Kier alpha value is -0.360. The molecule has 2 unspecified atom stereocenters. The van der Waals surface area contributed by atoms with Crippen LogP contribution in [-0.2, 0) is 14.3 Å². The lowest BCUT2D eigenvalue weighted by molar-refractivity contribution is -0.175. The normalized spacial score (nSPS) is 27.4. The zero-order chi connectivity index (χ0) is 13.0. The summed E-state index contributed by atoms with van der Waals surface area (Å²) in [6.45, 7) is 2.73. The van der Waals surface area contributed by atoms with E-state index < -0.39 is 6.04 Å². The Morgan fingerprint density at radius 1 is 1.37 bits per heavy atom. The minimum absolute atomic E-state index is 0. The van der Waals surface area contributed by atoms with Crippen molar-refractivity contribution in [2.45, 2.75) is 63.4 Å². The third-order valence-corrected chi connectivity index (χ3v) is 3.70. The molecular formula is C13H25ClN2O3. The van der Waals surface area contributed by atoms with Crippen LogP contribution in [0.15, 0.2) is 0 Å². The van der Waals surface area contributed by atoms with E-state index >= 15 is 0 Å². The molecule has 6 heteroatoms. The second-order valence-electron chi connectivity index (χ2n) is 5.41. The van der Waals surface area contributed by atoms with Gasteiger partial charge in [0, 0.05) is 19.4 Å². The van der Waals surface area contributed by atoms with E-state index in [4.69, 9.17) is 15.2 Å². The molecule has 0 aromatic heterocycles. The van der Waals surface area contributed by atoms with E-state index in [1.54, 1.807) is 6.92 Å². The van der Waals surface area contributed by atoms with E-state index in [9.17, 15) is 4.79 Å². The molecule has 0 aromatic rings. The van der Waals surface area contributed by atoms with Gasteiger partial charge in [-0.25, -0.2) is 0 Å². The first-order chi connectivity index (χ1) is 8.61. The molecule has 112 valence electrons. The molecule has 2 fully saturated rings. The van der Waals surface area contributed by atoms with Crippen LogP contribution < -0.4 is 11.1 Å². The van der Waals surface area contributed by atoms with Crippen molar-refractivity contribution >= 4 is 18.3 Å². The maximum Gasteiger partial charge on any atom is 0.236 e.